The van der Waals surface area contributed by atoms with Gasteiger partial charge in [0.15, 0.2) is 5.96 Å². The molecule has 0 saturated heterocycles. The van der Waals surface area contributed by atoms with E-state index < -0.39 is 0 Å². The summed E-state index contributed by atoms with van der Waals surface area (Å²) in [6.07, 6.45) is 2.35. The second-order valence-corrected chi connectivity index (χ2v) is 7.64. The molecular formula is C16H30N4S. The second kappa shape index (κ2) is 8.37. The molecule has 21 heavy (non-hydrogen) atoms. The number of thiazole rings is 1. The van der Waals surface area contributed by atoms with Crippen LogP contribution in [-0.4, -0.2) is 23.5 Å². The Labute approximate surface area is 133 Å². The Morgan fingerprint density at radius 2 is 2.14 bits per heavy atom. The Bertz CT molecular complexity index is 445. The highest BCUT2D eigenvalue weighted by Crippen LogP contribution is 2.21. The molecule has 1 heterocycles. The van der Waals surface area contributed by atoms with Crippen molar-refractivity contribution in [3.05, 3.63) is 16.1 Å². The third-order valence-electron chi connectivity index (χ3n) is 3.28. The van der Waals surface area contributed by atoms with E-state index in [1.54, 1.807) is 11.3 Å². The smallest absolute Gasteiger partial charge is 0.191 e. The Morgan fingerprint density at radius 1 is 1.43 bits per heavy atom. The van der Waals surface area contributed by atoms with E-state index in [1.807, 2.05) is 12.4 Å². The van der Waals surface area contributed by atoms with Crippen molar-refractivity contribution < 1.29 is 0 Å². The first-order valence-electron chi connectivity index (χ1n) is 7.75. The van der Waals surface area contributed by atoms with Crippen LogP contribution in [0.1, 0.15) is 58.0 Å². The highest BCUT2D eigenvalue weighted by Gasteiger charge is 2.13. The van der Waals surface area contributed by atoms with E-state index in [-0.39, 0.29) is 0 Å². The minimum absolute atomic E-state index is 0.380. The molecule has 0 aromatic carbocycles. The minimum Gasteiger partial charge on any atom is -0.357 e. The lowest BCUT2D eigenvalue weighted by atomic mass is 9.89. The van der Waals surface area contributed by atoms with Crippen LogP contribution < -0.4 is 10.6 Å². The molecule has 2 N–H and O–H groups in total. The summed E-state index contributed by atoms with van der Waals surface area (Å²) in [4.78, 5) is 10.2. The summed E-state index contributed by atoms with van der Waals surface area (Å²) >= 11 is 1.67. The molecule has 0 radical (unpaired) electrons. The fourth-order valence-electron chi connectivity index (χ4n) is 1.90. The second-order valence-electron chi connectivity index (χ2n) is 6.70. The minimum atomic E-state index is 0.380. The first kappa shape index (κ1) is 18.0. The van der Waals surface area contributed by atoms with Gasteiger partial charge in [-0.3, -0.25) is 0 Å². The highest BCUT2D eigenvalue weighted by atomic mass is 32.1. The number of guanidine groups is 1. The summed E-state index contributed by atoms with van der Waals surface area (Å²) in [6, 6.07) is 0.421. The molecule has 5 heteroatoms. The zero-order valence-corrected chi connectivity index (χ0v) is 15.1. The molecule has 0 saturated carbocycles. The largest absolute Gasteiger partial charge is 0.357 e. The van der Waals surface area contributed by atoms with Gasteiger partial charge in [0.1, 0.15) is 0 Å². The summed E-state index contributed by atoms with van der Waals surface area (Å²) in [6.45, 7) is 14.8. The van der Waals surface area contributed by atoms with Crippen LogP contribution in [-0.2, 0) is 6.54 Å². The average Bonchev–Trinajstić information content (AvgIpc) is 2.79. The molecule has 1 aromatic heterocycles. The van der Waals surface area contributed by atoms with E-state index in [0.29, 0.717) is 18.0 Å². The number of nitrogens with zero attached hydrogens (tertiary/aromatic N) is 2. The number of aliphatic imine (C=N–C) groups is 1. The number of nitrogens with one attached hydrogen (secondary N) is 2. The zero-order chi connectivity index (χ0) is 15.9. The van der Waals surface area contributed by atoms with Gasteiger partial charge in [-0.1, -0.05) is 20.8 Å². The Hall–Kier alpha value is -1.10. The van der Waals surface area contributed by atoms with Gasteiger partial charge in [0.2, 0.25) is 0 Å². The third-order valence-corrected chi connectivity index (χ3v) is 4.20. The third kappa shape index (κ3) is 7.46. The topological polar surface area (TPSA) is 49.3 Å². The van der Waals surface area contributed by atoms with Crippen LogP contribution in [0.4, 0.5) is 0 Å². The molecule has 1 aromatic rings. The highest BCUT2D eigenvalue weighted by molar-refractivity contribution is 7.09. The van der Waals surface area contributed by atoms with Crippen molar-refractivity contribution in [1.29, 1.82) is 0 Å². The van der Waals surface area contributed by atoms with Crippen LogP contribution in [0.15, 0.2) is 10.5 Å². The molecule has 0 bridgehead atoms. The molecule has 120 valence electrons. The lowest BCUT2D eigenvalue weighted by Crippen LogP contribution is -2.42. The first-order chi connectivity index (χ1) is 9.81. The van der Waals surface area contributed by atoms with Crippen molar-refractivity contribution in [2.45, 2.75) is 67.0 Å². The zero-order valence-electron chi connectivity index (χ0n) is 14.3. The molecule has 0 aliphatic carbocycles. The van der Waals surface area contributed by atoms with Gasteiger partial charge in [0.05, 0.1) is 17.7 Å². The monoisotopic (exact) mass is 310 g/mol. The van der Waals surface area contributed by atoms with E-state index in [4.69, 9.17) is 0 Å². The Morgan fingerprint density at radius 3 is 2.67 bits per heavy atom. The van der Waals surface area contributed by atoms with Gasteiger partial charge in [-0.2, -0.15) is 0 Å². The maximum Gasteiger partial charge on any atom is 0.191 e. The number of hydrogen-bond donors (Lipinski definition) is 2. The molecule has 0 amide bonds. The van der Waals surface area contributed by atoms with Crippen LogP contribution in [0, 0.1) is 12.3 Å². The molecule has 0 aliphatic heterocycles. The maximum atomic E-state index is 4.67. The van der Waals surface area contributed by atoms with Crippen LogP contribution in [0.2, 0.25) is 0 Å². The van der Waals surface area contributed by atoms with Crippen molar-refractivity contribution in [3.63, 3.8) is 0 Å². The number of hydrogen-bond acceptors (Lipinski definition) is 3. The standard InChI is InChI=1S/C16H30N4S/c1-7-17-15(18-10-14-13(3)19-11-21-14)20-12(2)8-9-16(4,5)6/h11-12H,7-10H2,1-6H3,(H2,17,18,20). The molecule has 1 rings (SSSR count). The van der Waals surface area contributed by atoms with Gasteiger partial charge in [-0.05, 0) is 39.0 Å². The fraction of sp³-hybridized carbons (Fsp3) is 0.750. The maximum absolute atomic E-state index is 4.67. The molecule has 1 unspecified atom stereocenters. The van der Waals surface area contributed by atoms with Crippen LogP contribution in [0.3, 0.4) is 0 Å². The Balaban J connectivity index is 2.54. The van der Waals surface area contributed by atoms with Gasteiger partial charge in [0, 0.05) is 17.5 Å². The predicted octanol–water partition coefficient (Wildman–Crippen LogP) is 3.72. The quantitative estimate of drug-likeness (QED) is 0.622. The van der Waals surface area contributed by atoms with E-state index in [9.17, 15) is 0 Å². The van der Waals surface area contributed by atoms with Gasteiger partial charge in [-0.15, -0.1) is 11.3 Å². The van der Waals surface area contributed by atoms with E-state index >= 15 is 0 Å². The number of aromatic nitrogens is 1. The van der Waals surface area contributed by atoms with Crippen molar-refractivity contribution in [3.8, 4) is 0 Å². The van der Waals surface area contributed by atoms with E-state index in [1.165, 1.54) is 11.3 Å². The van der Waals surface area contributed by atoms with Gasteiger partial charge in [0.25, 0.3) is 0 Å². The van der Waals surface area contributed by atoms with Crippen molar-refractivity contribution in [2.75, 3.05) is 6.54 Å². The summed E-state index contributed by atoms with van der Waals surface area (Å²) < 4.78 is 0. The summed E-state index contributed by atoms with van der Waals surface area (Å²) in [5.41, 5.74) is 3.35. The lowest BCUT2D eigenvalue weighted by molar-refractivity contribution is 0.346. The van der Waals surface area contributed by atoms with E-state index in [0.717, 1.165) is 24.6 Å². The fourth-order valence-corrected chi connectivity index (χ4v) is 2.60. The normalized spacial score (nSPS) is 14.1. The number of aryl methyl sites for hydroxylation is 1. The van der Waals surface area contributed by atoms with Crippen LogP contribution in [0.25, 0.3) is 0 Å². The predicted molar refractivity (Wildman–Crippen MR) is 93.0 cm³/mol. The van der Waals surface area contributed by atoms with Crippen molar-refractivity contribution >= 4 is 17.3 Å². The molecule has 0 fully saturated rings. The van der Waals surface area contributed by atoms with Gasteiger partial charge in [-0.25, -0.2) is 9.98 Å². The number of rotatable bonds is 6. The van der Waals surface area contributed by atoms with Gasteiger partial charge >= 0.3 is 0 Å². The average molecular weight is 311 g/mol. The molecule has 1 atom stereocenters. The molecule has 0 spiro atoms. The van der Waals surface area contributed by atoms with E-state index in [2.05, 4.69) is 55.2 Å². The van der Waals surface area contributed by atoms with Gasteiger partial charge < -0.3 is 10.6 Å². The van der Waals surface area contributed by atoms with Crippen molar-refractivity contribution in [1.82, 2.24) is 15.6 Å². The van der Waals surface area contributed by atoms with Crippen LogP contribution >= 0.6 is 11.3 Å². The van der Waals surface area contributed by atoms with Crippen LogP contribution in [0.5, 0.6) is 0 Å². The molecule has 0 aliphatic rings. The SMILES string of the molecule is CCNC(=NCc1scnc1C)NC(C)CCC(C)(C)C. The summed E-state index contributed by atoms with van der Waals surface area (Å²) in [5.74, 6) is 0.895. The summed E-state index contributed by atoms with van der Waals surface area (Å²) in [5, 5.41) is 6.81. The van der Waals surface area contributed by atoms with Crippen molar-refractivity contribution in [2.24, 2.45) is 10.4 Å². The molecular weight excluding hydrogens is 280 g/mol. The summed E-state index contributed by atoms with van der Waals surface area (Å²) in [7, 11) is 0. The first-order valence-corrected chi connectivity index (χ1v) is 8.63. The Kier molecular flexibility index (Phi) is 7.15. The lowest BCUT2D eigenvalue weighted by Gasteiger charge is -2.23. The molecule has 4 nitrogen and oxygen atoms in total.